The van der Waals surface area contributed by atoms with Gasteiger partial charge < -0.3 is 4.74 Å². The van der Waals surface area contributed by atoms with Crippen LogP contribution >= 0.6 is 11.8 Å². The molecular formula is C4H6ClNO2. The van der Waals surface area contributed by atoms with E-state index in [1.807, 2.05) is 0 Å². The molecule has 1 N–H and O–H groups in total. The van der Waals surface area contributed by atoms with Crippen molar-refractivity contribution >= 4 is 17.7 Å². The quantitative estimate of drug-likeness (QED) is 0.408. The Kier molecular flexibility index (Phi) is 1.70. The van der Waals surface area contributed by atoms with Crippen molar-refractivity contribution in [3.8, 4) is 0 Å². The number of esters is 1. The highest BCUT2D eigenvalue weighted by molar-refractivity contribution is 6.13. The lowest BCUT2D eigenvalue weighted by molar-refractivity contribution is -0.137. The molecule has 0 saturated carbocycles. The molecule has 1 atom stereocenters. The third kappa shape index (κ3) is 1.11. The fourth-order valence-corrected chi connectivity index (χ4v) is 0.723. The number of hydrogen-bond donors (Lipinski definition) is 1. The third-order valence-electron chi connectivity index (χ3n) is 1.01. The van der Waals surface area contributed by atoms with Gasteiger partial charge in [0.1, 0.15) is 6.61 Å². The van der Waals surface area contributed by atoms with Gasteiger partial charge in [-0.25, -0.2) is 4.84 Å². The number of carbonyl (C=O) groups is 1. The van der Waals surface area contributed by atoms with E-state index in [9.17, 15) is 4.79 Å². The maximum Gasteiger partial charge on any atom is 0.307 e. The Hall–Kier alpha value is -0.280. The highest BCUT2D eigenvalue weighted by atomic mass is 35.5. The number of halogens is 1. The van der Waals surface area contributed by atoms with Crippen molar-refractivity contribution in [1.82, 2.24) is 4.84 Å². The minimum atomic E-state index is -0.178. The number of ether oxygens (including phenoxy) is 1. The Morgan fingerprint density at radius 3 is 2.88 bits per heavy atom. The van der Waals surface area contributed by atoms with E-state index in [0.717, 1.165) is 0 Å². The summed E-state index contributed by atoms with van der Waals surface area (Å²) in [5.41, 5.74) is 0. The summed E-state index contributed by atoms with van der Waals surface area (Å²) >= 11 is 5.19. The summed E-state index contributed by atoms with van der Waals surface area (Å²) in [6, 6.07) is 0.0177. The van der Waals surface area contributed by atoms with Gasteiger partial charge in [0.25, 0.3) is 0 Å². The van der Waals surface area contributed by atoms with E-state index in [4.69, 9.17) is 11.8 Å². The second kappa shape index (κ2) is 2.33. The van der Waals surface area contributed by atoms with Crippen LogP contribution in [-0.2, 0) is 9.53 Å². The summed E-state index contributed by atoms with van der Waals surface area (Å²) in [7, 11) is 0. The number of hydrogen-bond acceptors (Lipinski definition) is 3. The molecule has 4 heteroatoms. The van der Waals surface area contributed by atoms with Crippen LogP contribution in [0.5, 0.6) is 0 Å². The smallest absolute Gasteiger partial charge is 0.307 e. The first kappa shape index (κ1) is 5.85. The highest BCUT2D eigenvalue weighted by Gasteiger charge is 2.21. The number of carbonyl (C=O) groups excluding carboxylic acids is 1. The summed E-state index contributed by atoms with van der Waals surface area (Å²) in [6.07, 6.45) is 0.392. The van der Waals surface area contributed by atoms with Crippen molar-refractivity contribution in [2.45, 2.75) is 12.5 Å². The molecule has 0 spiro atoms. The van der Waals surface area contributed by atoms with E-state index in [2.05, 4.69) is 9.57 Å². The molecule has 1 aliphatic heterocycles. The van der Waals surface area contributed by atoms with Crippen LogP contribution in [-0.4, -0.2) is 18.6 Å². The van der Waals surface area contributed by atoms with Crippen molar-refractivity contribution in [1.29, 1.82) is 0 Å². The van der Waals surface area contributed by atoms with E-state index in [1.165, 1.54) is 0 Å². The van der Waals surface area contributed by atoms with Crippen molar-refractivity contribution in [3.63, 3.8) is 0 Å². The van der Waals surface area contributed by atoms with Crippen molar-refractivity contribution in [3.05, 3.63) is 0 Å². The molecule has 0 amide bonds. The van der Waals surface area contributed by atoms with Gasteiger partial charge in [0.05, 0.1) is 12.5 Å². The summed E-state index contributed by atoms with van der Waals surface area (Å²) in [5, 5.41) is 0. The van der Waals surface area contributed by atoms with Gasteiger partial charge in [-0.2, -0.15) is 0 Å². The third-order valence-corrected chi connectivity index (χ3v) is 1.32. The Bertz CT molecular complexity index is 106. The van der Waals surface area contributed by atoms with Crippen LogP contribution in [0.4, 0.5) is 0 Å². The van der Waals surface area contributed by atoms with Gasteiger partial charge in [0.15, 0.2) is 0 Å². The lowest BCUT2D eigenvalue weighted by Crippen LogP contribution is -2.19. The zero-order chi connectivity index (χ0) is 5.98. The van der Waals surface area contributed by atoms with Crippen molar-refractivity contribution in [2.75, 3.05) is 6.61 Å². The molecule has 0 radical (unpaired) electrons. The van der Waals surface area contributed by atoms with Crippen molar-refractivity contribution < 1.29 is 9.53 Å². The maximum absolute atomic E-state index is 10.3. The predicted molar refractivity (Wildman–Crippen MR) is 28.4 cm³/mol. The molecule has 1 unspecified atom stereocenters. The van der Waals surface area contributed by atoms with Gasteiger partial charge in [-0.05, 0) is 11.8 Å². The fraction of sp³-hybridized carbons (Fsp3) is 0.750. The molecule has 1 heterocycles. The second-order valence-corrected chi connectivity index (χ2v) is 1.91. The largest absolute Gasteiger partial charge is 0.464 e. The first-order valence-corrected chi connectivity index (χ1v) is 2.72. The summed E-state index contributed by atoms with van der Waals surface area (Å²) in [5.74, 6) is -0.178. The van der Waals surface area contributed by atoms with Crippen LogP contribution < -0.4 is 4.84 Å². The zero-order valence-corrected chi connectivity index (χ0v) is 4.94. The molecule has 0 aliphatic carbocycles. The van der Waals surface area contributed by atoms with Gasteiger partial charge in [-0.15, -0.1) is 0 Å². The lowest BCUT2D eigenvalue weighted by atomic mass is 10.3. The van der Waals surface area contributed by atoms with Gasteiger partial charge >= 0.3 is 5.97 Å². The van der Waals surface area contributed by atoms with Crippen LogP contribution in [0.15, 0.2) is 0 Å². The Labute approximate surface area is 52.1 Å². The first-order valence-electron chi connectivity index (χ1n) is 2.34. The first-order chi connectivity index (χ1) is 3.83. The topological polar surface area (TPSA) is 38.3 Å². The van der Waals surface area contributed by atoms with Gasteiger partial charge in [-0.1, -0.05) is 0 Å². The predicted octanol–water partition coefficient (Wildman–Crippen LogP) is 0.0453. The molecule has 0 aromatic rings. The molecular weight excluding hydrogens is 130 g/mol. The maximum atomic E-state index is 10.3. The molecule has 0 aromatic heterocycles. The van der Waals surface area contributed by atoms with E-state index in [1.54, 1.807) is 0 Å². The molecule has 3 nitrogen and oxygen atoms in total. The lowest BCUT2D eigenvalue weighted by Gasteiger charge is -1.96. The molecule has 8 heavy (non-hydrogen) atoms. The number of rotatable bonds is 1. The fourth-order valence-electron chi connectivity index (χ4n) is 0.583. The Morgan fingerprint density at radius 2 is 2.62 bits per heavy atom. The molecule has 0 aromatic carbocycles. The Balaban J connectivity index is 2.32. The van der Waals surface area contributed by atoms with E-state index in [-0.39, 0.29) is 12.0 Å². The van der Waals surface area contributed by atoms with E-state index >= 15 is 0 Å². The minimum Gasteiger partial charge on any atom is -0.464 e. The zero-order valence-electron chi connectivity index (χ0n) is 4.19. The van der Waals surface area contributed by atoms with Crippen LogP contribution in [0.2, 0.25) is 0 Å². The molecule has 1 aliphatic rings. The summed E-state index contributed by atoms with van der Waals surface area (Å²) in [6.45, 7) is 0.405. The van der Waals surface area contributed by atoms with E-state index in [0.29, 0.717) is 13.0 Å². The monoisotopic (exact) mass is 135 g/mol. The Morgan fingerprint density at radius 1 is 1.88 bits per heavy atom. The average Bonchev–Trinajstić information content (AvgIpc) is 2.14. The molecule has 1 rings (SSSR count). The van der Waals surface area contributed by atoms with Crippen LogP contribution in [0.25, 0.3) is 0 Å². The van der Waals surface area contributed by atoms with Crippen LogP contribution in [0.1, 0.15) is 6.42 Å². The molecule has 0 bridgehead atoms. The van der Waals surface area contributed by atoms with E-state index < -0.39 is 0 Å². The number of nitrogens with one attached hydrogen (secondary N) is 1. The minimum absolute atomic E-state index is 0.0177. The van der Waals surface area contributed by atoms with Gasteiger partial charge in [0.2, 0.25) is 0 Å². The summed E-state index contributed by atoms with van der Waals surface area (Å²) < 4.78 is 4.57. The van der Waals surface area contributed by atoms with Crippen LogP contribution in [0.3, 0.4) is 0 Å². The molecule has 46 valence electrons. The standard InChI is InChI=1S/C4H6ClNO2/c5-6-3-1-4(7)8-2-3/h3,6H,1-2H2. The second-order valence-electron chi connectivity index (χ2n) is 1.69. The highest BCUT2D eigenvalue weighted by Crippen LogP contribution is 2.04. The van der Waals surface area contributed by atoms with Crippen molar-refractivity contribution in [2.24, 2.45) is 0 Å². The molecule has 1 fully saturated rings. The average molecular weight is 136 g/mol. The summed E-state index contributed by atoms with van der Waals surface area (Å²) in [4.78, 5) is 12.7. The van der Waals surface area contributed by atoms with Gasteiger partial charge in [-0.3, -0.25) is 4.79 Å². The number of cyclic esters (lactones) is 1. The van der Waals surface area contributed by atoms with Crippen LogP contribution in [0, 0.1) is 0 Å². The normalized spacial score (nSPS) is 28.1. The SMILES string of the molecule is O=C1CC(NCl)CO1. The molecule has 1 saturated heterocycles. The van der Waals surface area contributed by atoms with Gasteiger partial charge in [0, 0.05) is 0 Å².